The molecule has 0 aliphatic rings. The molecule has 1 amide bonds. The number of hydrogen-bond acceptors (Lipinski definition) is 3. The summed E-state index contributed by atoms with van der Waals surface area (Å²) in [5.74, 6) is -1.32. The third kappa shape index (κ3) is 3.00. The second-order valence-electron chi connectivity index (χ2n) is 4.72. The zero-order chi connectivity index (χ0) is 15.6. The number of pyridine rings is 1. The van der Waals surface area contributed by atoms with Gasteiger partial charge in [0.25, 0.3) is 11.5 Å². The Balaban J connectivity index is 2.55. The zero-order valence-corrected chi connectivity index (χ0v) is 11.6. The fourth-order valence-corrected chi connectivity index (χ4v) is 1.90. The number of H-pyrrole nitrogens is 1. The highest BCUT2D eigenvalue weighted by Crippen LogP contribution is 2.18. The molecule has 6 heteroatoms. The van der Waals surface area contributed by atoms with E-state index >= 15 is 0 Å². The fraction of sp³-hybridized carbons (Fsp3) is 0.133. The third-order valence-corrected chi connectivity index (χ3v) is 2.98. The van der Waals surface area contributed by atoms with Gasteiger partial charge in [-0.1, -0.05) is 12.1 Å². The highest BCUT2D eigenvalue weighted by molar-refractivity contribution is 5.95. The van der Waals surface area contributed by atoms with Gasteiger partial charge in [0.05, 0.1) is 5.56 Å². The minimum Gasteiger partial charge on any atom is -0.478 e. The van der Waals surface area contributed by atoms with E-state index in [0.717, 1.165) is 6.20 Å². The first kappa shape index (κ1) is 14.5. The first-order valence-electron chi connectivity index (χ1n) is 6.18. The lowest BCUT2D eigenvalue weighted by molar-refractivity contribution is 0.0696. The number of hydrogen-bond donors (Lipinski definition) is 2. The number of aromatic carboxylic acids is 1. The summed E-state index contributed by atoms with van der Waals surface area (Å²) in [6.07, 6.45) is 1.14. The molecule has 0 bridgehead atoms. The molecule has 1 aromatic carbocycles. The van der Waals surface area contributed by atoms with Crippen LogP contribution in [0.3, 0.4) is 0 Å². The zero-order valence-electron chi connectivity index (χ0n) is 11.6. The highest BCUT2D eigenvalue weighted by Gasteiger charge is 2.12. The van der Waals surface area contributed by atoms with Crippen LogP contribution in [0.5, 0.6) is 0 Å². The Morgan fingerprint density at radius 1 is 1.14 bits per heavy atom. The van der Waals surface area contributed by atoms with Crippen LogP contribution < -0.4 is 5.56 Å². The van der Waals surface area contributed by atoms with Gasteiger partial charge in [0.1, 0.15) is 0 Å². The SMILES string of the molecule is CN(C)C(=O)c1cccc(-c2cc(C(=O)O)c[nH]c2=O)c1. The quantitative estimate of drug-likeness (QED) is 0.893. The number of benzene rings is 1. The van der Waals surface area contributed by atoms with Crippen LogP contribution in [0.1, 0.15) is 20.7 Å². The van der Waals surface area contributed by atoms with Crippen molar-refractivity contribution in [2.45, 2.75) is 0 Å². The monoisotopic (exact) mass is 286 g/mol. The lowest BCUT2D eigenvalue weighted by Gasteiger charge is -2.11. The van der Waals surface area contributed by atoms with E-state index < -0.39 is 11.5 Å². The standard InChI is InChI=1S/C15H14N2O4/c1-17(2)14(19)10-5-3-4-9(6-10)12-7-11(15(20)21)8-16-13(12)18/h3-8H,1-2H3,(H,16,18)(H,20,21). The van der Waals surface area contributed by atoms with Gasteiger partial charge in [0.2, 0.25) is 0 Å². The molecule has 0 aliphatic heterocycles. The Kier molecular flexibility index (Phi) is 3.89. The summed E-state index contributed by atoms with van der Waals surface area (Å²) in [7, 11) is 3.26. The van der Waals surface area contributed by atoms with E-state index in [1.807, 2.05) is 0 Å². The Morgan fingerprint density at radius 2 is 1.86 bits per heavy atom. The van der Waals surface area contributed by atoms with Gasteiger partial charge < -0.3 is 15.0 Å². The number of nitrogens with zero attached hydrogens (tertiary/aromatic N) is 1. The van der Waals surface area contributed by atoms with Crippen molar-refractivity contribution in [3.63, 3.8) is 0 Å². The van der Waals surface area contributed by atoms with Crippen LogP contribution in [0, 0.1) is 0 Å². The Bertz CT molecular complexity index is 762. The first-order chi connectivity index (χ1) is 9.90. The van der Waals surface area contributed by atoms with Crippen molar-refractivity contribution >= 4 is 11.9 Å². The molecule has 0 saturated heterocycles. The normalized spacial score (nSPS) is 10.2. The van der Waals surface area contributed by atoms with Gasteiger partial charge in [-0.05, 0) is 23.8 Å². The van der Waals surface area contributed by atoms with Crippen molar-refractivity contribution in [3.8, 4) is 11.1 Å². The van der Waals surface area contributed by atoms with Crippen molar-refractivity contribution < 1.29 is 14.7 Å². The summed E-state index contributed by atoms with van der Waals surface area (Å²) < 4.78 is 0. The molecule has 0 atom stereocenters. The van der Waals surface area contributed by atoms with E-state index in [9.17, 15) is 14.4 Å². The molecule has 0 spiro atoms. The molecule has 1 heterocycles. The molecule has 21 heavy (non-hydrogen) atoms. The number of rotatable bonds is 3. The summed E-state index contributed by atoms with van der Waals surface area (Å²) in [6.45, 7) is 0. The van der Waals surface area contributed by atoms with Crippen LogP contribution in [0.4, 0.5) is 0 Å². The van der Waals surface area contributed by atoms with Gasteiger partial charge in [0.15, 0.2) is 0 Å². The molecule has 108 valence electrons. The van der Waals surface area contributed by atoms with Crippen LogP contribution in [0.2, 0.25) is 0 Å². The summed E-state index contributed by atoms with van der Waals surface area (Å²) in [5, 5.41) is 8.98. The van der Waals surface area contributed by atoms with Crippen LogP contribution in [0.25, 0.3) is 11.1 Å². The van der Waals surface area contributed by atoms with Crippen molar-refractivity contribution in [1.29, 1.82) is 0 Å². The lowest BCUT2D eigenvalue weighted by atomic mass is 10.0. The van der Waals surface area contributed by atoms with Crippen molar-refractivity contribution in [3.05, 3.63) is 58.0 Å². The minimum atomic E-state index is -1.13. The molecule has 1 aromatic heterocycles. The molecular formula is C15H14N2O4. The lowest BCUT2D eigenvalue weighted by Crippen LogP contribution is -2.21. The smallest absolute Gasteiger partial charge is 0.337 e. The molecule has 2 rings (SSSR count). The van der Waals surface area contributed by atoms with E-state index in [1.54, 1.807) is 38.4 Å². The molecule has 2 N–H and O–H groups in total. The molecule has 6 nitrogen and oxygen atoms in total. The topological polar surface area (TPSA) is 90.5 Å². The van der Waals surface area contributed by atoms with Gasteiger partial charge in [-0.2, -0.15) is 0 Å². The molecule has 0 radical (unpaired) electrons. The van der Waals surface area contributed by atoms with Gasteiger partial charge in [-0.25, -0.2) is 4.79 Å². The van der Waals surface area contributed by atoms with E-state index in [4.69, 9.17) is 5.11 Å². The number of carbonyl (C=O) groups excluding carboxylic acids is 1. The van der Waals surface area contributed by atoms with Crippen LogP contribution >= 0.6 is 0 Å². The fourth-order valence-electron chi connectivity index (χ4n) is 1.90. The largest absolute Gasteiger partial charge is 0.478 e. The molecular weight excluding hydrogens is 272 g/mol. The molecule has 0 fully saturated rings. The molecule has 0 aliphatic carbocycles. The average molecular weight is 286 g/mol. The number of carboxylic acid groups (broad SMARTS) is 1. The predicted molar refractivity (Wildman–Crippen MR) is 77.5 cm³/mol. The van der Waals surface area contributed by atoms with Gasteiger partial charge in [0, 0.05) is 31.4 Å². The maximum Gasteiger partial charge on any atom is 0.337 e. The van der Waals surface area contributed by atoms with E-state index in [1.165, 1.54) is 11.0 Å². The van der Waals surface area contributed by atoms with Gasteiger partial charge in [-0.3, -0.25) is 9.59 Å². The molecule has 2 aromatic rings. The first-order valence-corrected chi connectivity index (χ1v) is 6.18. The number of nitrogens with one attached hydrogen (secondary N) is 1. The summed E-state index contributed by atoms with van der Waals surface area (Å²) >= 11 is 0. The number of aromatic amines is 1. The summed E-state index contributed by atoms with van der Waals surface area (Å²) in [5.41, 5.74) is 0.705. The second-order valence-corrected chi connectivity index (χ2v) is 4.72. The van der Waals surface area contributed by atoms with Gasteiger partial charge >= 0.3 is 5.97 Å². The molecule has 0 saturated carbocycles. The third-order valence-electron chi connectivity index (χ3n) is 2.98. The number of carbonyl (C=O) groups is 2. The second kappa shape index (κ2) is 5.62. The summed E-state index contributed by atoms with van der Waals surface area (Å²) in [4.78, 5) is 38.6. The Morgan fingerprint density at radius 3 is 2.48 bits per heavy atom. The maximum atomic E-state index is 11.9. The van der Waals surface area contributed by atoms with Crippen molar-refractivity contribution in [2.75, 3.05) is 14.1 Å². The molecule has 0 unspecified atom stereocenters. The Labute approximate surface area is 120 Å². The maximum absolute atomic E-state index is 11.9. The average Bonchev–Trinajstić information content (AvgIpc) is 2.46. The predicted octanol–water partition coefficient (Wildman–Crippen LogP) is 1.44. The van der Waals surface area contributed by atoms with Crippen LogP contribution in [0.15, 0.2) is 41.3 Å². The van der Waals surface area contributed by atoms with Crippen LogP contribution in [-0.4, -0.2) is 41.0 Å². The Hall–Kier alpha value is -2.89. The number of aromatic nitrogens is 1. The number of carboxylic acids is 1. The van der Waals surface area contributed by atoms with Crippen molar-refractivity contribution in [1.82, 2.24) is 9.88 Å². The van der Waals surface area contributed by atoms with Crippen molar-refractivity contribution in [2.24, 2.45) is 0 Å². The van der Waals surface area contributed by atoms with E-state index in [0.29, 0.717) is 11.1 Å². The highest BCUT2D eigenvalue weighted by atomic mass is 16.4. The van der Waals surface area contributed by atoms with E-state index in [2.05, 4.69) is 4.98 Å². The number of amides is 1. The van der Waals surface area contributed by atoms with Gasteiger partial charge in [-0.15, -0.1) is 0 Å². The van der Waals surface area contributed by atoms with E-state index in [-0.39, 0.29) is 17.0 Å². The summed E-state index contributed by atoms with van der Waals surface area (Å²) in [6, 6.07) is 7.81. The van der Waals surface area contributed by atoms with Crippen LogP contribution in [-0.2, 0) is 0 Å². The minimum absolute atomic E-state index is 0.0195.